The van der Waals surface area contributed by atoms with Crippen LogP contribution in [0.2, 0.25) is 5.02 Å². The van der Waals surface area contributed by atoms with Crippen LogP contribution in [0.3, 0.4) is 0 Å². The Balaban J connectivity index is 2.25. The first-order chi connectivity index (χ1) is 8.22. The number of nitrogens with zero attached hydrogens (tertiary/aromatic N) is 2. The highest BCUT2D eigenvalue weighted by molar-refractivity contribution is 7.05. The first-order valence-corrected chi connectivity index (χ1v) is 6.03. The summed E-state index contributed by atoms with van der Waals surface area (Å²) in [6.45, 7) is 0. The minimum absolute atomic E-state index is 0.246. The van der Waals surface area contributed by atoms with Gasteiger partial charge in [0.05, 0.1) is 17.1 Å². The minimum atomic E-state index is -0.338. The average molecular weight is 273 g/mol. The highest BCUT2D eigenvalue weighted by Gasteiger charge is 2.17. The Hall–Kier alpha value is -1.08. The Kier molecular flexibility index (Phi) is 4.01. The van der Waals surface area contributed by atoms with E-state index in [4.69, 9.17) is 17.4 Å². The Morgan fingerprint density at radius 2 is 2.35 bits per heavy atom. The lowest BCUT2D eigenvalue weighted by atomic mass is 10.0. The second-order valence-electron chi connectivity index (χ2n) is 3.44. The molecule has 3 N–H and O–H groups in total. The number of rotatable bonds is 4. The van der Waals surface area contributed by atoms with Crippen LogP contribution in [0, 0.1) is 5.82 Å². The lowest BCUT2D eigenvalue weighted by molar-refractivity contribution is 0.535. The molecule has 7 heteroatoms. The Bertz CT molecular complexity index is 471. The van der Waals surface area contributed by atoms with E-state index in [1.54, 1.807) is 18.3 Å². The van der Waals surface area contributed by atoms with Crippen molar-refractivity contribution in [3.05, 3.63) is 45.7 Å². The summed E-state index contributed by atoms with van der Waals surface area (Å²) in [7, 11) is 0. The highest BCUT2D eigenvalue weighted by Crippen LogP contribution is 2.26. The van der Waals surface area contributed by atoms with Gasteiger partial charge >= 0.3 is 0 Å². The maximum atomic E-state index is 13.6. The van der Waals surface area contributed by atoms with Gasteiger partial charge in [-0.05, 0) is 30.1 Å². The summed E-state index contributed by atoms with van der Waals surface area (Å²) >= 11 is 7.17. The van der Waals surface area contributed by atoms with Gasteiger partial charge in [-0.2, -0.15) is 0 Å². The number of hydrogen-bond acceptors (Lipinski definition) is 5. The molecule has 0 aliphatic heterocycles. The third-order valence-electron chi connectivity index (χ3n) is 2.39. The van der Waals surface area contributed by atoms with Crippen LogP contribution in [0.5, 0.6) is 0 Å². The summed E-state index contributed by atoms with van der Waals surface area (Å²) in [5, 5.41) is 4.12. The van der Waals surface area contributed by atoms with E-state index < -0.39 is 0 Å². The fourth-order valence-electron chi connectivity index (χ4n) is 1.50. The van der Waals surface area contributed by atoms with E-state index in [0.717, 1.165) is 4.88 Å². The predicted molar refractivity (Wildman–Crippen MR) is 65.1 cm³/mol. The molecule has 0 aliphatic carbocycles. The van der Waals surface area contributed by atoms with Crippen molar-refractivity contribution in [1.82, 2.24) is 15.0 Å². The summed E-state index contributed by atoms with van der Waals surface area (Å²) in [6, 6.07) is 4.35. The standard InChI is InChI=1S/C10H10ClFN4S/c11-7-2-1-3-8(12)6(7)4-9(15-13)10-5-14-16-17-10/h1-3,5,9,15H,4,13H2. The molecular formula is C10H10ClFN4S. The number of hydrogen-bond donors (Lipinski definition) is 2. The zero-order valence-corrected chi connectivity index (χ0v) is 10.3. The third-order valence-corrected chi connectivity index (χ3v) is 3.52. The molecule has 1 heterocycles. The number of benzene rings is 1. The fraction of sp³-hybridized carbons (Fsp3) is 0.200. The largest absolute Gasteiger partial charge is 0.271 e. The maximum Gasteiger partial charge on any atom is 0.127 e. The van der Waals surface area contributed by atoms with Crippen LogP contribution < -0.4 is 11.3 Å². The van der Waals surface area contributed by atoms with E-state index in [0.29, 0.717) is 17.0 Å². The zero-order chi connectivity index (χ0) is 12.3. The molecule has 0 saturated heterocycles. The molecular weight excluding hydrogens is 263 g/mol. The van der Waals surface area contributed by atoms with E-state index in [2.05, 4.69) is 15.0 Å². The Morgan fingerprint density at radius 3 is 2.94 bits per heavy atom. The normalized spacial score (nSPS) is 12.6. The summed E-state index contributed by atoms with van der Waals surface area (Å²) in [5.74, 6) is 5.11. The number of nitrogens with two attached hydrogens (primary N) is 1. The van der Waals surface area contributed by atoms with Crippen molar-refractivity contribution >= 4 is 23.1 Å². The molecule has 0 radical (unpaired) electrons. The van der Waals surface area contributed by atoms with Gasteiger partial charge in [0.2, 0.25) is 0 Å². The molecule has 0 aliphatic rings. The van der Waals surface area contributed by atoms with Crippen LogP contribution in [0.1, 0.15) is 16.5 Å². The number of halogens is 2. The first kappa shape index (κ1) is 12.4. The minimum Gasteiger partial charge on any atom is -0.271 e. The lowest BCUT2D eigenvalue weighted by Crippen LogP contribution is -2.29. The summed E-state index contributed by atoms with van der Waals surface area (Å²) in [6.07, 6.45) is 1.95. The van der Waals surface area contributed by atoms with Crippen molar-refractivity contribution in [2.75, 3.05) is 0 Å². The maximum absolute atomic E-state index is 13.6. The van der Waals surface area contributed by atoms with Crippen LogP contribution in [-0.4, -0.2) is 9.59 Å². The Morgan fingerprint density at radius 1 is 1.53 bits per heavy atom. The van der Waals surface area contributed by atoms with Gasteiger partial charge in [0.15, 0.2) is 0 Å². The molecule has 17 heavy (non-hydrogen) atoms. The molecule has 1 aromatic carbocycles. The lowest BCUT2D eigenvalue weighted by Gasteiger charge is -2.14. The fourth-order valence-corrected chi connectivity index (χ4v) is 2.30. The van der Waals surface area contributed by atoms with Crippen molar-refractivity contribution in [1.29, 1.82) is 0 Å². The summed E-state index contributed by atoms with van der Waals surface area (Å²) in [4.78, 5) is 0.840. The van der Waals surface area contributed by atoms with Gasteiger partial charge in [0.25, 0.3) is 0 Å². The van der Waals surface area contributed by atoms with Crippen LogP contribution in [-0.2, 0) is 6.42 Å². The number of hydrazine groups is 1. The number of nitrogens with one attached hydrogen (secondary N) is 1. The molecule has 90 valence electrons. The van der Waals surface area contributed by atoms with E-state index >= 15 is 0 Å². The molecule has 1 aromatic heterocycles. The van der Waals surface area contributed by atoms with E-state index in [9.17, 15) is 4.39 Å². The molecule has 0 fully saturated rings. The second-order valence-corrected chi connectivity index (χ2v) is 4.67. The van der Waals surface area contributed by atoms with Gasteiger partial charge in [-0.1, -0.05) is 22.2 Å². The van der Waals surface area contributed by atoms with Gasteiger partial charge in [-0.15, -0.1) is 5.10 Å². The van der Waals surface area contributed by atoms with Crippen molar-refractivity contribution in [2.45, 2.75) is 12.5 Å². The van der Waals surface area contributed by atoms with Crippen molar-refractivity contribution in [3.63, 3.8) is 0 Å². The topological polar surface area (TPSA) is 63.8 Å². The van der Waals surface area contributed by atoms with Crippen molar-refractivity contribution in [2.24, 2.45) is 5.84 Å². The quantitative estimate of drug-likeness (QED) is 0.661. The van der Waals surface area contributed by atoms with Gasteiger partial charge in [0.1, 0.15) is 5.82 Å². The molecule has 1 unspecified atom stereocenters. The molecule has 4 nitrogen and oxygen atoms in total. The van der Waals surface area contributed by atoms with Gasteiger partial charge in [-0.25, -0.2) is 4.39 Å². The Labute approximate surface area is 107 Å². The SMILES string of the molecule is NNC(Cc1c(F)cccc1Cl)c1cnns1. The molecule has 0 spiro atoms. The molecule has 0 bridgehead atoms. The van der Waals surface area contributed by atoms with Crippen LogP contribution >= 0.6 is 23.1 Å². The first-order valence-electron chi connectivity index (χ1n) is 4.88. The summed E-state index contributed by atoms with van der Waals surface area (Å²) in [5.41, 5.74) is 3.05. The molecule has 0 saturated carbocycles. The highest BCUT2D eigenvalue weighted by atomic mass is 35.5. The average Bonchev–Trinajstić information content (AvgIpc) is 2.82. The van der Waals surface area contributed by atoms with E-state index in [1.165, 1.54) is 17.6 Å². The van der Waals surface area contributed by atoms with E-state index in [1.807, 2.05) is 0 Å². The molecule has 2 rings (SSSR count). The van der Waals surface area contributed by atoms with Crippen molar-refractivity contribution < 1.29 is 4.39 Å². The monoisotopic (exact) mass is 272 g/mol. The van der Waals surface area contributed by atoms with Crippen molar-refractivity contribution in [3.8, 4) is 0 Å². The third kappa shape index (κ3) is 2.78. The van der Waals surface area contributed by atoms with Gasteiger partial charge < -0.3 is 0 Å². The van der Waals surface area contributed by atoms with Gasteiger partial charge in [-0.3, -0.25) is 11.3 Å². The predicted octanol–water partition coefficient (Wildman–Crippen LogP) is 2.08. The smallest absolute Gasteiger partial charge is 0.127 e. The van der Waals surface area contributed by atoms with Crippen LogP contribution in [0.15, 0.2) is 24.4 Å². The number of aromatic nitrogens is 2. The second kappa shape index (κ2) is 5.50. The molecule has 0 amide bonds. The molecule has 2 aromatic rings. The molecule has 1 atom stereocenters. The van der Waals surface area contributed by atoms with E-state index in [-0.39, 0.29) is 11.9 Å². The summed E-state index contributed by atoms with van der Waals surface area (Å²) < 4.78 is 17.4. The van der Waals surface area contributed by atoms with Gasteiger partial charge in [0, 0.05) is 10.6 Å². The zero-order valence-electron chi connectivity index (χ0n) is 8.73. The van der Waals surface area contributed by atoms with Crippen LogP contribution in [0.25, 0.3) is 0 Å². The van der Waals surface area contributed by atoms with Crippen LogP contribution in [0.4, 0.5) is 4.39 Å².